The van der Waals surface area contributed by atoms with Crippen LogP contribution in [-0.2, 0) is 16.1 Å². The van der Waals surface area contributed by atoms with Gasteiger partial charge >= 0.3 is 5.97 Å². The van der Waals surface area contributed by atoms with Crippen molar-refractivity contribution in [3.63, 3.8) is 0 Å². The molecular weight excluding hydrogens is 366 g/mol. The highest BCUT2D eigenvalue weighted by molar-refractivity contribution is 6.55. The second kappa shape index (κ2) is 7.00. The second-order valence-corrected chi connectivity index (χ2v) is 7.94. The molecule has 1 saturated carbocycles. The molecule has 0 amide bonds. The minimum atomic E-state index is -0.226. The van der Waals surface area contributed by atoms with E-state index in [1.165, 1.54) is 0 Å². The number of rotatable bonds is 4. The van der Waals surface area contributed by atoms with Crippen molar-refractivity contribution < 1.29 is 9.53 Å². The highest BCUT2D eigenvalue weighted by Gasteiger charge is 2.51. The summed E-state index contributed by atoms with van der Waals surface area (Å²) in [5.41, 5.74) is 0.543. The van der Waals surface area contributed by atoms with E-state index < -0.39 is 0 Å². The summed E-state index contributed by atoms with van der Waals surface area (Å²) in [5.74, 6) is -0.219. The van der Waals surface area contributed by atoms with Crippen molar-refractivity contribution in [1.29, 1.82) is 0 Å². The van der Waals surface area contributed by atoms with Crippen LogP contribution >= 0.6 is 46.4 Å². The van der Waals surface area contributed by atoms with Crippen LogP contribution in [-0.4, -0.2) is 5.97 Å². The van der Waals surface area contributed by atoms with Gasteiger partial charge in [0.2, 0.25) is 0 Å². The van der Waals surface area contributed by atoms with Gasteiger partial charge in [0, 0.05) is 10.0 Å². The van der Waals surface area contributed by atoms with Gasteiger partial charge < -0.3 is 4.74 Å². The summed E-state index contributed by atoms with van der Waals surface area (Å²) < 4.78 is 5.62. The summed E-state index contributed by atoms with van der Waals surface area (Å²) in [6.07, 6.45) is 2.47. The average molecular weight is 382 g/mol. The van der Waals surface area contributed by atoms with Gasteiger partial charge in [0.15, 0.2) is 0 Å². The molecule has 120 valence electrons. The largest absolute Gasteiger partial charge is 0.461 e. The van der Waals surface area contributed by atoms with E-state index in [9.17, 15) is 4.79 Å². The molecular formula is C16H16Cl4O2. The highest BCUT2D eigenvalue weighted by atomic mass is 35.5. The van der Waals surface area contributed by atoms with Gasteiger partial charge in [-0.05, 0) is 41.5 Å². The first-order valence-electron chi connectivity index (χ1n) is 6.84. The molecule has 0 spiro atoms. The molecule has 2 nitrogen and oxygen atoms in total. The third kappa shape index (κ3) is 4.11. The lowest BCUT2D eigenvalue weighted by Gasteiger charge is -2.49. The quantitative estimate of drug-likeness (QED) is 0.596. The minimum Gasteiger partial charge on any atom is -0.461 e. The Bertz CT molecular complexity index is 586. The van der Waals surface area contributed by atoms with Crippen LogP contribution in [0.25, 0.3) is 0 Å². The van der Waals surface area contributed by atoms with Crippen LogP contribution in [0, 0.1) is 17.3 Å². The van der Waals surface area contributed by atoms with E-state index >= 15 is 0 Å². The van der Waals surface area contributed by atoms with Crippen molar-refractivity contribution in [3.05, 3.63) is 44.4 Å². The lowest BCUT2D eigenvalue weighted by molar-refractivity contribution is -0.164. The fraction of sp³-hybridized carbons (Fsp3) is 0.438. The van der Waals surface area contributed by atoms with Crippen molar-refractivity contribution in [3.8, 4) is 0 Å². The fourth-order valence-corrected chi connectivity index (χ4v) is 3.62. The van der Waals surface area contributed by atoms with E-state index in [1.54, 1.807) is 24.3 Å². The van der Waals surface area contributed by atoms with Crippen molar-refractivity contribution >= 4 is 52.4 Å². The molecule has 22 heavy (non-hydrogen) atoms. The molecule has 6 heteroatoms. The number of carbonyl (C=O) groups is 1. The predicted octanol–water partition coefficient (Wildman–Crippen LogP) is 6.02. The van der Waals surface area contributed by atoms with E-state index in [2.05, 4.69) is 0 Å². The zero-order chi connectivity index (χ0) is 16.5. The maximum atomic E-state index is 12.2. The minimum absolute atomic E-state index is 0.155. The molecule has 0 saturated heterocycles. The third-order valence-electron chi connectivity index (χ3n) is 4.26. The molecule has 1 aromatic carbocycles. The molecule has 0 bridgehead atoms. The fourth-order valence-electron chi connectivity index (χ4n) is 2.74. The Balaban J connectivity index is 1.95. The topological polar surface area (TPSA) is 26.3 Å². The monoisotopic (exact) mass is 380 g/mol. The number of esters is 1. The van der Waals surface area contributed by atoms with Gasteiger partial charge in [0.05, 0.1) is 5.92 Å². The number of carbonyl (C=O) groups excluding carboxylic acids is 1. The predicted molar refractivity (Wildman–Crippen MR) is 91.4 cm³/mol. The standard InChI is InChI=1S/C16H16Cl4O2/c1-16(2)10(6-14(19)20)5-13(16)15(21)22-8-9-3-11(17)7-12(18)4-9/h3-4,6-7,10,13H,5,8H2,1-2H3. The molecule has 2 atom stereocenters. The maximum absolute atomic E-state index is 12.2. The summed E-state index contributed by atoms with van der Waals surface area (Å²) in [5, 5.41) is 1.04. The number of benzene rings is 1. The third-order valence-corrected chi connectivity index (χ3v) is 4.95. The first-order valence-corrected chi connectivity index (χ1v) is 8.35. The zero-order valence-electron chi connectivity index (χ0n) is 12.2. The van der Waals surface area contributed by atoms with Gasteiger partial charge in [-0.15, -0.1) is 0 Å². The lowest BCUT2D eigenvalue weighted by Crippen LogP contribution is -2.48. The van der Waals surface area contributed by atoms with Gasteiger partial charge in [-0.1, -0.05) is 66.3 Å². The summed E-state index contributed by atoms with van der Waals surface area (Å²) in [6.45, 7) is 4.18. The summed E-state index contributed by atoms with van der Waals surface area (Å²) in [4.78, 5) is 12.2. The van der Waals surface area contributed by atoms with Crippen molar-refractivity contribution in [2.75, 3.05) is 0 Å². The number of hydrogen-bond acceptors (Lipinski definition) is 2. The molecule has 0 N–H and O–H groups in total. The Hall–Kier alpha value is -0.410. The maximum Gasteiger partial charge on any atom is 0.309 e. The number of halogens is 4. The summed E-state index contributed by atoms with van der Waals surface area (Å²) in [6, 6.07) is 5.09. The van der Waals surface area contributed by atoms with E-state index in [4.69, 9.17) is 51.1 Å². The van der Waals surface area contributed by atoms with Gasteiger partial charge in [0.25, 0.3) is 0 Å². The second-order valence-electron chi connectivity index (χ2n) is 6.06. The van der Waals surface area contributed by atoms with Gasteiger partial charge in [-0.25, -0.2) is 0 Å². The Morgan fingerprint density at radius 1 is 1.27 bits per heavy atom. The molecule has 1 aromatic rings. The summed E-state index contributed by atoms with van der Waals surface area (Å²) in [7, 11) is 0. The molecule has 0 heterocycles. The molecule has 1 aliphatic carbocycles. The van der Waals surface area contributed by atoms with Crippen LogP contribution in [0.4, 0.5) is 0 Å². The van der Waals surface area contributed by atoms with E-state index in [0.29, 0.717) is 16.5 Å². The Labute approximate surface area is 150 Å². The average Bonchev–Trinajstić information content (AvgIpc) is 2.39. The van der Waals surface area contributed by atoms with Crippen molar-refractivity contribution in [2.24, 2.45) is 17.3 Å². The zero-order valence-corrected chi connectivity index (χ0v) is 15.2. The summed E-state index contributed by atoms with van der Waals surface area (Å²) >= 11 is 23.2. The Morgan fingerprint density at radius 2 is 1.86 bits per heavy atom. The highest BCUT2D eigenvalue weighted by Crippen LogP contribution is 2.53. The van der Waals surface area contributed by atoms with Crippen molar-refractivity contribution in [1.82, 2.24) is 0 Å². The molecule has 0 radical (unpaired) electrons. The molecule has 2 rings (SSSR count). The molecule has 1 aliphatic rings. The lowest BCUT2D eigenvalue weighted by atomic mass is 9.55. The molecule has 2 unspecified atom stereocenters. The van der Waals surface area contributed by atoms with Crippen LogP contribution in [0.1, 0.15) is 25.8 Å². The molecule has 1 fully saturated rings. The van der Waals surface area contributed by atoms with E-state index in [0.717, 1.165) is 5.56 Å². The van der Waals surface area contributed by atoms with Crippen LogP contribution < -0.4 is 0 Å². The first kappa shape index (κ1) is 17.9. The molecule has 0 aromatic heterocycles. The smallest absolute Gasteiger partial charge is 0.309 e. The van der Waals surface area contributed by atoms with Crippen molar-refractivity contribution in [2.45, 2.75) is 26.9 Å². The van der Waals surface area contributed by atoms with Crippen LogP contribution in [0.2, 0.25) is 10.0 Å². The normalized spacial score (nSPS) is 22.6. The van der Waals surface area contributed by atoms with Gasteiger partial charge in [0.1, 0.15) is 11.1 Å². The van der Waals surface area contributed by atoms with Gasteiger partial charge in [-0.3, -0.25) is 4.79 Å². The SMILES string of the molecule is CC1(C)C(C=C(Cl)Cl)CC1C(=O)OCc1cc(Cl)cc(Cl)c1. The van der Waals surface area contributed by atoms with Gasteiger partial charge in [-0.2, -0.15) is 0 Å². The first-order chi connectivity index (χ1) is 10.2. The van der Waals surface area contributed by atoms with Crippen LogP contribution in [0.15, 0.2) is 28.8 Å². The van der Waals surface area contributed by atoms with E-state index in [-0.39, 0.29) is 34.3 Å². The Kier molecular flexibility index (Phi) is 5.71. The number of hydrogen-bond donors (Lipinski definition) is 0. The van der Waals surface area contributed by atoms with Crippen LogP contribution in [0.5, 0.6) is 0 Å². The van der Waals surface area contributed by atoms with E-state index in [1.807, 2.05) is 13.8 Å². The van der Waals surface area contributed by atoms with Crippen LogP contribution in [0.3, 0.4) is 0 Å². The Morgan fingerprint density at radius 3 is 2.36 bits per heavy atom. The number of allylic oxidation sites excluding steroid dienone is 1. The number of ether oxygens (including phenoxy) is 1. The molecule has 0 aliphatic heterocycles.